The fourth-order valence-corrected chi connectivity index (χ4v) is 3.92. The molecule has 1 amide bonds. The van der Waals surface area contributed by atoms with Crippen LogP contribution in [0.3, 0.4) is 0 Å². The SMILES string of the molecule is CNC(=O)[C@@H]1C[C@H](NCc2ccc(OC)c3ccccc23)CN1C(C)C. The molecular formula is C21H29N3O2. The van der Waals surface area contributed by atoms with Gasteiger partial charge in [-0.25, -0.2) is 0 Å². The molecule has 5 nitrogen and oxygen atoms in total. The molecule has 1 fully saturated rings. The number of likely N-dealkylation sites (N-methyl/N-ethyl adjacent to an activating group) is 1. The molecule has 1 saturated heterocycles. The average Bonchev–Trinajstić information content (AvgIpc) is 3.10. The highest BCUT2D eigenvalue weighted by molar-refractivity contribution is 5.91. The minimum absolute atomic E-state index is 0.0508. The fourth-order valence-electron chi connectivity index (χ4n) is 3.92. The van der Waals surface area contributed by atoms with E-state index >= 15 is 0 Å². The van der Waals surface area contributed by atoms with Crippen molar-refractivity contribution in [3.63, 3.8) is 0 Å². The summed E-state index contributed by atoms with van der Waals surface area (Å²) in [5.41, 5.74) is 1.25. The predicted octanol–water partition coefficient (Wildman–Crippen LogP) is 2.54. The molecule has 0 bridgehead atoms. The third-order valence-electron chi connectivity index (χ3n) is 5.33. The minimum Gasteiger partial charge on any atom is -0.496 e. The molecule has 2 atom stereocenters. The van der Waals surface area contributed by atoms with Crippen LogP contribution in [0.4, 0.5) is 0 Å². The zero-order chi connectivity index (χ0) is 18.7. The monoisotopic (exact) mass is 355 g/mol. The van der Waals surface area contributed by atoms with E-state index in [1.807, 2.05) is 12.1 Å². The van der Waals surface area contributed by atoms with Crippen LogP contribution in [0.25, 0.3) is 10.8 Å². The first-order valence-corrected chi connectivity index (χ1v) is 9.30. The van der Waals surface area contributed by atoms with Crippen LogP contribution >= 0.6 is 0 Å². The highest BCUT2D eigenvalue weighted by Gasteiger charge is 2.37. The number of nitrogens with one attached hydrogen (secondary N) is 2. The Bertz CT molecular complexity index is 775. The zero-order valence-corrected chi connectivity index (χ0v) is 16.1. The molecule has 3 rings (SSSR count). The number of nitrogens with zero attached hydrogens (tertiary/aromatic N) is 1. The van der Waals surface area contributed by atoms with E-state index in [-0.39, 0.29) is 11.9 Å². The van der Waals surface area contributed by atoms with Crippen molar-refractivity contribution in [1.29, 1.82) is 0 Å². The van der Waals surface area contributed by atoms with Crippen molar-refractivity contribution in [3.8, 4) is 5.75 Å². The molecule has 0 saturated carbocycles. The zero-order valence-electron chi connectivity index (χ0n) is 16.1. The van der Waals surface area contributed by atoms with Gasteiger partial charge in [-0.15, -0.1) is 0 Å². The highest BCUT2D eigenvalue weighted by Crippen LogP contribution is 2.29. The van der Waals surface area contributed by atoms with E-state index in [9.17, 15) is 4.79 Å². The summed E-state index contributed by atoms with van der Waals surface area (Å²) in [5, 5.41) is 8.80. The van der Waals surface area contributed by atoms with E-state index in [4.69, 9.17) is 4.74 Å². The number of benzene rings is 2. The summed E-state index contributed by atoms with van der Waals surface area (Å²) in [5.74, 6) is 1.01. The molecular weight excluding hydrogens is 326 g/mol. The summed E-state index contributed by atoms with van der Waals surface area (Å²) in [6.07, 6.45) is 0.839. The first-order chi connectivity index (χ1) is 12.5. The second-order valence-corrected chi connectivity index (χ2v) is 7.21. The van der Waals surface area contributed by atoms with Gasteiger partial charge < -0.3 is 15.4 Å². The van der Waals surface area contributed by atoms with Crippen LogP contribution in [-0.4, -0.2) is 49.6 Å². The van der Waals surface area contributed by atoms with E-state index in [0.717, 1.165) is 30.6 Å². The van der Waals surface area contributed by atoms with Gasteiger partial charge in [-0.1, -0.05) is 30.3 Å². The van der Waals surface area contributed by atoms with Crippen LogP contribution in [0, 0.1) is 0 Å². The first-order valence-electron chi connectivity index (χ1n) is 9.30. The van der Waals surface area contributed by atoms with Gasteiger partial charge in [0.25, 0.3) is 0 Å². The lowest BCUT2D eigenvalue weighted by Gasteiger charge is -2.26. The van der Waals surface area contributed by atoms with Gasteiger partial charge in [-0.2, -0.15) is 0 Å². The Morgan fingerprint density at radius 1 is 1.23 bits per heavy atom. The third kappa shape index (κ3) is 3.69. The number of fused-ring (bicyclic) bond motifs is 1. The fraction of sp³-hybridized carbons (Fsp3) is 0.476. The van der Waals surface area contributed by atoms with Crippen molar-refractivity contribution >= 4 is 16.7 Å². The average molecular weight is 355 g/mol. The van der Waals surface area contributed by atoms with Gasteiger partial charge >= 0.3 is 0 Å². The van der Waals surface area contributed by atoms with Gasteiger partial charge in [-0.05, 0) is 37.3 Å². The molecule has 0 unspecified atom stereocenters. The Kier molecular flexibility index (Phi) is 5.79. The van der Waals surface area contributed by atoms with Crippen molar-refractivity contribution in [1.82, 2.24) is 15.5 Å². The second-order valence-electron chi connectivity index (χ2n) is 7.21. The van der Waals surface area contributed by atoms with Crippen molar-refractivity contribution in [2.75, 3.05) is 20.7 Å². The van der Waals surface area contributed by atoms with Crippen LogP contribution in [-0.2, 0) is 11.3 Å². The Balaban J connectivity index is 1.74. The maximum absolute atomic E-state index is 12.2. The maximum atomic E-state index is 12.2. The summed E-state index contributed by atoms with van der Waals surface area (Å²) in [6, 6.07) is 13.1. The van der Waals surface area contributed by atoms with Crippen LogP contribution in [0.1, 0.15) is 25.8 Å². The summed E-state index contributed by atoms with van der Waals surface area (Å²) >= 11 is 0. The van der Waals surface area contributed by atoms with E-state index in [2.05, 4.69) is 53.6 Å². The molecule has 2 aromatic carbocycles. The third-order valence-corrected chi connectivity index (χ3v) is 5.33. The molecule has 1 aliphatic heterocycles. The number of ether oxygens (including phenoxy) is 1. The van der Waals surface area contributed by atoms with Gasteiger partial charge in [-0.3, -0.25) is 9.69 Å². The lowest BCUT2D eigenvalue weighted by Crippen LogP contribution is -2.45. The number of rotatable bonds is 6. The number of amides is 1. The number of hydrogen-bond acceptors (Lipinski definition) is 4. The molecule has 26 heavy (non-hydrogen) atoms. The van der Waals surface area contributed by atoms with Crippen LogP contribution in [0.5, 0.6) is 5.75 Å². The quantitative estimate of drug-likeness (QED) is 0.836. The Morgan fingerprint density at radius 3 is 2.62 bits per heavy atom. The number of methoxy groups -OCH3 is 1. The van der Waals surface area contributed by atoms with Crippen LogP contribution in [0.15, 0.2) is 36.4 Å². The van der Waals surface area contributed by atoms with E-state index in [1.54, 1.807) is 14.2 Å². The number of hydrogen-bond donors (Lipinski definition) is 2. The largest absolute Gasteiger partial charge is 0.496 e. The van der Waals surface area contributed by atoms with Crippen molar-refractivity contribution < 1.29 is 9.53 Å². The molecule has 0 spiro atoms. The first kappa shape index (κ1) is 18.7. The smallest absolute Gasteiger partial charge is 0.237 e. The predicted molar refractivity (Wildman–Crippen MR) is 105 cm³/mol. The molecule has 2 aromatic rings. The van der Waals surface area contributed by atoms with Gasteiger partial charge in [0.05, 0.1) is 13.2 Å². The number of likely N-dealkylation sites (tertiary alicyclic amines) is 1. The molecule has 2 N–H and O–H groups in total. The maximum Gasteiger partial charge on any atom is 0.237 e. The Labute approximate surface area is 155 Å². The molecule has 0 radical (unpaired) electrons. The van der Waals surface area contributed by atoms with Gasteiger partial charge in [0.2, 0.25) is 5.91 Å². The van der Waals surface area contributed by atoms with Gasteiger partial charge in [0.15, 0.2) is 0 Å². The number of carbonyl (C=O) groups excluding carboxylic acids is 1. The lowest BCUT2D eigenvalue weighted by molar-refractivity contribution is -0.125. The van der Waals surface area contributed by atoms with Crippen molar-refractivity contribution in [3.05, 3.63) is 42.0 Å². The van der Waals surface area contributed by atoms with Crippen molar-refractivity contribution in [2.45, 2.75) is 44.9 Å². The normalized spacial score (nSPS) is 20.7. The summed E-state index contributed by atoms with van der Waals surface area (Å²) in [7, 11) is 3.42. The summed E-state index contributed by atoms with van der Waals surface area (Å²) < 4.78 is 5.48. The van der Waals surface area contributed by atoms with Crippen LogP contribution < -0.4 is 15.4 Å². The van der Waals surface area contributed by atoms with E-state index < -0.39 is 0 Å². The van der Waals surface area contributed by atoms with Gasteiger partial charge in [0, 0.05) is 37.6 Å². The van der Waals surface area contributed by atoms with Crippen LogP contribution in [0.2, 0.25) is 0 Å². The summed E-state index contributed by atoms with van der Waals surface area (Å²) in [6.45, 7) is 5.97. The van der Waals surface area contributed by atoms with Crippen molar-refractivity contribution in [2.24, 2.45) is 0 Å². The van der Waals surface area contributed by atoms with E-state index in [0.29, 0.717) is 12.1 Å². The molecule has 1 heterocycles. The molecule has 1 aliphatic rings. The summed E-state index contributed by atoms with van der Waals surface area (Å²) in [4.78, 5) is 14.5. The standard InChI is InChI=1S/C21H29N3O2/c1-14(2)24-13-16(11-19(24)21(25)22-3)23-12-15-9-10-20(26-4)18-8-6-5-7-17(15)18/h5-10,14,16,19,23H,11-13H2,1-4H3,(H,22,25)/t16-,19-/m0/s1. The highest BCUT2D eigenvalue weighted by atomic mass is 16.5. The lowest BCUT2D eigenvalue weighted by atomic mass is 10.0. The molecule has 5 heteroatoms. The molecule has 0 aromatic heterocycles. The molecule has 0 aliphatic carbocycles. The number of carbonyl (C=O) groups is 1. The Morgan fingerprint density at radius 2 is 1.96 bits per heavy atom. The molecule has 140 valence electrons. The topological polar surface area (TPSA) is 53.6 Å². The Hall–Kier alpha value is -2.11. The minimum atomic E-state index is -0.0508. The van der Waals surface area contributed by atoms with Gasteiger partial charge in [0.1, 0.15) is 5.75 Å². The second kappa shape index (κ2) is 8.06. The van der Waals surface area contributed by atoms with E-state index in [1.165, 1.54) is 10.9 Å².